The van der Waals surface area contributed by atoms with Gasteiger partial charge in [0.15, 0.2) is 0 Å². The van der Waals surface area contributed by atoms with Gasteiger partial charge in [0.05, 0.1) is 5.69 Å². The summed E-state index contributed by atoms with van der Waals surface area (Å²) < 4.78 is 13.3. The molecule has 0 aliphatic carbocycles. The number of carboxylic acid groups (broad SMARTS) is 1. The molecule has 1 fully saturated rings. The summed E-state index contributed by atoms with van der Waals surface area (Å²) >= 11 is 0. The summed E-state index contributed by atoms with van der Waals surface area (Å²) in [6.07, 6.45) is 0.367. The van der Waals surface area contributed by atoms with E-state index in [1.807, 2.05) is 36.1 Å². The van der Waals surface area contributed by atoms with E-state index < -0.39 is 17.7 Å². The van der Waals surface area contributed by atoms with E-state index in [1.54, 1.807) is 0 Å². The summed E-state index contributed by atoms with van der Waals surface area (Å²) in [5, 5.41) is 9.07. The quantitative estimate of drug-likeness (QED) is 0.904. The first kappa shape index (κ1) is 16.2. The van der Waals surface area contributed by atoms with Crippen LogP contribution in [0.15, 0.2) is 35.1 Å². The fourth-order valence-corrected chi connectivity index (χ4v) is 3.06. The number of nitrogens with one attached hydrogen (secondary N) is 1. The number of rotatable bonds is 4. The van der Waals surface area contributed by atoms with Crippen LogP contribution in [0, 0.1) is 0 Å². The third-order valence-electron chi connectivity index (χ3n) is 4.39. The normalized spacial score (nSPS) is 17.2. The molecule has 0 amide bonds. The second kappa shape index (κ2) is 6.47. The lowest BCUT2D eigenvalue weighted by molar-refractivity contribution is 0.0695. The standard InChI is InChI=1S/C18H19FN2O3/c1-2-11-9-15(18(23)24)17(22)20-16(11)12-3-5-14(6-4-12)21-8-7-13(19)10-21/h3-6,9,13H,2,7-8,10H2,1H3,(H,20,22)(H,23,24). The van der Waals surface area contributed by atoms with Crippen LogP contribution >= 0.6 is 0 Å². The number of benzene rings is 1. The Labute approximate surface area is 138 Å². The molecule has 3 rings (SSSR count). The molecule has 5 nitrogen and oxygen atoms in total. The lowest BCUT2D eigenvalue weighted by Gasteiger charge is -2.18. The zero-order valence-corrected chi connectivity index (χ0v) is 13.4. The van der Waals surface area contributed by atoms with Crippen molar-refractivity contribution in [1.29, 1.82) is 0 Å². The number of anilines is 1. The summed E-state index contributed by atoms with van der Waals surface area (Å²) in [6.45, 7) is 3.01. The Kier molecular flexibility index (Phi) is 4.38. The number of pyridine rings is 1. The van der Waals surface area contributed by atoms with Gasteiger partial charge < -0.3 is 15.0 Å². The fourth-order valence-electron chi connectivity index (χ4n) is 3.06. The van der Waals surface area contributed by atoms with Crippen molar-refractivity contribution in [3.63, 3.8) is 0 Å². The fraction of sp³-hybridized carbons (Fsp3) is 0.333. The lowest BCUT2D eigenvalue weighted by atomic mass is 10.0. The van der Waals surface area contributed by atoms with E-state index in [9.17, 15) is 14.0 Å². The van der Waals surface area contributed by atoms with Crippen LogP contribution in [0.2, 0.25) is 0 Å². The predicted molar refractivity (Wildman–Crippen MR) is 90.6 cm³/mol. The molecule has 2 heterocycles. The summed E-state index contributed by atoms with van der Waals surface area (Å²) in [5.74, 6) is -1.23. The minimum absolute atomic E-state index is 0.252. The molecular formula is C18H19FN2O3. The Hall–Kier alpha value is -2.63. The average Bonchev–Trinajstić information content (AvgIpc) is 3.01. The van der Waals surface area contributed by atoms with E-state index in [0.717, 1.165) is 16.8 Å². The smallest absolute Gasteiger partial charge is 0.341 e. The van der Waals surface area contributed by atoms with Crippen molar-refractivity contribution in [2.75, 3.05) is 18.0 Å². The molecule has 1 aliphatic rings. The van der Waals surface area contributed by atoms with E-state index in [1.165, 1.54) is 6.07 Å². The molecule has 1 aliphatic heterocycles. The number of aromatic carboxylic acids is 1. The highest BCUT2D eigenvalue weighted by Gasteiger charge is 2.22. The van der Waals surface area contributed by atoms with Crippen LogP contribution in [0.3, 0.4) is 0 Å². The molecule has 1 aromatic carbocycles. The third kappa shape index (κ3) is 3.04. The van der Waals surface area contributed by atoms with Gasteiger partial charge in [0.2, 0.25) is 0 Å². The third-order valence-corrected chi connectivity index (χ3v) is 4.39. The van der Waals surface area contributed by atoms with E-state index in [-0.39, 0.29) is 5.56 Å². The van der Waals surface area contributed by atoms with Gasteiger partial charge in [0.25, 0.3) is 5.56 Å². The van der Waals surface area contributed by atoms with Gasteiger partial charge in [-0.25, -0.2) is 9.18 Å². The van der Waals surface area contributed by atoms with Gasteiger partial charge in [-0.05, 0) is 42.2 Å². The van der Waals surface area contributed by atoms with Crippen LogP contribution in [0.5, 0.6) is 0 Å². The number of halogens is 1. The zero-order chi connectivity index (χ0) is 17.3. The van der Waals surface area contributed by atoms with Crippen LogP contribution in [-0.2, 0) is 6.42 Å². The largest absolute Gasteiger partial charge is 0.477 e. The molecule has 24 heavy (non-hydrogen) atoms. The number of nitrogens with zero attached hydrogens (tertiary/aromatic N) is 1. The highest BCUT2D eigenvalue weighted by atomic mass is 19.1. The van der Waals surface area contributed by atoms with Gasteiger partial charge in [-0.1, -0.05) is 19.1 Å². The molecule has 1 aromatic heterocycles. The van der Waals surface area contributed by atoms with Crippen molar-refractivity contribution in [3.05, 3.63) is 51.8 Å². The topological polar surface area (TPSA) is 73.4 Å². The molecule has 2 N–H and O–H groups in total. The molecular weight excluding hydrogens is 311 g/mol. The molecule has 1 saturated heterocycles. The molecule has 1 atom stereocenters. The monoisotopic (exact) mass is 330 g/mol. The van der Waals surface area contributed by atoms with Crippen molar-refractivity contribution in [2.45, 2.75) is 25.9 Å². The van der Waals surface area contributed by atoms with Crippen molar-refractivity contribution < 1.29 is 14.3 Å². The number of hydrogen-bond acceptors (Lipinski definition) is 3. The van der Waals surface area contributed by atoms with Gasteiger partial charge in [-0.3, -0.25) is 4.79 Å². The van der Waals surface area contributed by atoms with Gasteiger partial charge in [0, 0.05) is 18.8 Å². The average molecular weight is 330 g/mol. The Morgan fingerprint density at radius 3 is 2.62 bits per heavy atom. The van der Waals surface area contributed by atoms with E-state index in [0.29, 0.717) is 31.6 Å². The highest BCUT2D eigenvalue weighted by Crippen LogP contribution is 2.27. The minimum Gasteiger partial charge on any atom is -0.477 e. The number of carbonyl (C=O) groups is 1. The lowest BCUT2D eigenvalue weighted by Crippen LogP contribution is -2.20. The Morgan fingerprint density at radius 2 is 2.08 bits per heavy atom. The number of aromatic nitrogens is 1. The van der Waals surface area contributed by atoms with Crippen LogP contribution in [0.4, 0.5) is 10.1 Å². The Bertz CT molecular complexity index is 814. The number of H-pyrrole nitrogens is 1. The zero-order valence-electron chi connectivity index (χ0n) is 13.4. The molecule has 6 heteroatoms. The Balaban J connectivity index is 1.95. The first-order chi connectivity index (χ1) is 11.5. The summed E-state index contributed by atoms with van der Waals surface area (Å²) in [6, 6.07) is 8.96. The number of aryl methyl sites for hydroxylation is 1. The van der Waals surface area contributed by atoms with Crippen LogP contribution in [0.25, 0.3) is 11.3 Å². The van der Waals surface area contributed by atoms with Gasteiger partial charge in [0.1, 0.15) is 11.7 Å². The minimum atomic E-state index is -1.23. The molecule has 1 unspecified atom stereocenters. The van der Waals surface area contributed by atoms with E-state index >= 15 is 0 Å². The maximum atomic E-state index is 13.3. The number of aromatic amines is 1. The van der Waals surface area contributed by atoms with E-state index in [4.69, 9.17) is 5.11 Å². The molecule has 0 spiro atoms. The number of alkyl halides is 1. The van der Waals surface area contributed by atoms with Crippen LogP contribution < -0.4 is 10.5 Å². The first-order valence-corrected chi connectivity index (χ1v) is 7.98. The maximum absolute atomic E-state index is 13.3. The molecule has 0 bridgehead atoms. The van der Waals surface area contributed by atoms with Crippen molar-refractivity contribution in [2.24, 2.45) is 0 Å². The second-order valence-corrected chi connectivity index (χ2v) is 5.95. The van der Waals surface area contributed by atoms with Gasteiger partial charge in [-0.15, -0.1) is 0 Å². The second-order valence-electron chi connectivity index (χ2n) is 5.95. The van der Waals surface area contributed by atoms with E-state index in [2.05, 4.69) is 4.98 Å². The van der Waals surface area contributed by atoms with Crippen LogP contribution in [0.1, 0.15) is 29.3 Å². The van der Waals surface area contributed by atoms with Crippen molar-refractivity contribution in [3.8, 4) is 11.3 Å². The summed E-state index contributed by atoms with van der Waals surface area (Å²) in [7, 11) is 0. The SMILES string of the molecule is CCc1cc(C(=O)O)c(=O)[nH]c1-c1ccc(N2CCC(F)C2)cc1. The van der Waals surface area contributed by atoms with Gasteiger partial charge >= 0.3 is 5.97 Å². The van der Waals surface area contributed by atoms with Gasteiger partial charge in [-0.2, -0.15) is 0 Å². The summed E-state index contributed by atoms with van der Waals surface area (Å²) in [5.41, 5.74) is 2.28. The summed E-state index contributed by atoms with van der Waals surface area (Å²) in [4.78, 5) is 27.7. The molecule has 0 saturated carbocycles. The molecule has 0 radical (unpaired) electrons. The number of hydrogen-bond donors (Lipinski definition) is 2. The van der Waals surface area contributed by atoms with Crippen molar-refractivity contribution in [1.82, 2.24) is 4.98 Å². The highest BCUT2D eigenvalue weighted by molar-refractivity contribution is 5.88. The maximum Gasteiger partial charge on any atom is 0.341 e. The van der Waals surface area contributed by atoms with Crippen LogP contribution in [-0.4, -0.2) is 35.3 Å². The molecule has 2 aromatic rings. The first-order valence-electron chi connectivity index (χ1n) is 7.98. The van der Waals surface area contributed by atoms with Crippen molar-refractivity contribution >= 4 is 11.7 Å². The number of carboxylic acids is 1. The molecule has 126 valence electrons. The Morgan fingerprint density at radius 1 is 1.38 bits per heavy atom. The predicted octanol–water partition coefficient (Wildman–Crippen LogP) is 2.85.